The highest BCUT2D eigenvalue weighted by molar-refractivity contribution is 5.88. The second-order valence-corrected chi connectivity index (χ2v) is 10.5. The number of hydrogen-bond acceptors (Lipinski definition) is 4. The van der Waals surface area contributed by atoms with Crippen LogP contribution >= 0.6 is 0 Å². The molecule has 2 heterocycles. The monoisotopic (exact) mass is 424 g/mol. The van der Waals surface area contributed by atoms with E-state index in [1.165, 1.54) is 19.3 Å². The molecule has 6 aliphatic rings. The van der Waals surface area contributed by atoms with Gasteiger partial charge in [-0.3, -0.25) is 9.59 Å². The zero-order valence-corrected chi connectivity index (χ0v) is 18.1. The van der Waals surface area contributed by atoms with Gasteiger partial charge in [0, 0.05) is 12.0 Å². The number of ether oxygens (including phenoxy) is 2. The summed E-state index contributed by atoms with van der Waals surface area (Å²) < 4.78 is 11.4. The number of nitrogens with zero attached hydrogens (tertiary/aromatic N) is 1. The average molecular weight is 425 g/mol. The molecule has 1 N–H and O–H groups in total. The van der Waals surface area contributed by atoms with Gasteiger partial charge in [-0.05, 0) is 86.8 Å². The Morgan fingerprint density at radius 2 is 1.68 bits per heavy atom. The van der Waals surface area contributed by atoms with E-state index in [-0.39, 0.29) is 29.8 Å². The number of amides is 2. The van der Waals surface area contributed by atoms with Crippen LogP contribution in [0.3, 0.4) is 0 Å². The fourth-order valence-electron chi connectivity index (χ4n) is 7.51. The lowest BCUT2D eigenvalue weighted by atomic mass is 9.49. The van der Waals surface area contributed by atoms with E-state index in [1.807, 2.05) is 23.1 Å². The number of rotatable bonds is 4. The number of likely N-dealkylation sites (tertiary alicyclic amines) is 1. The topological polar surface area (TPSA) is 67.9 Å². The highest BCUT2D eigenvalue weighted by Gasteiger charge is 2.54. The van der Waals surface area contributed by atoms with Crippen LogP contribution < -0.4 is 14.8 Å². The molecule has 1 saturated heterocycles. The third-order valence-electron chi connectivity index (χ3n) is 8.44. The molecule has 6 heteroatoms. The number of hydrogen-bond donors (Lipinski definition) is 1. The second kappa shape index (κ2) is 7.42. The molecule has 0 aromatic heterocycles. The lowest BCUT2D eigenvalue weighted by Gasteiger charge is -2.55. The molecule has 4 saturated carbocycles. The van der Waals surface area contributed by atoms with Crippen molar-refractivity contribution < 1.29 is 19.1 Å². The van der Waals surface area contributed by atoms with Crippen molar-refractivity contribution in [3.05, 3.63) is 23.8 Å². The number of carbonyl (C=O) groups is 2. The summed E-state index contributed by atoms with van der Waals surface area (Å²) in [7, 11) is 0. The van der Waals surface area contributed by atoms with Crippen LogP contribution in [-0.4, -0.2) is 43.0 Å². The molecule has 0 radical (unpaired) electrons. The molecule has 2 amide bonds. The highest BCUT2D eigenvalue weighted by atomic mass is 16.6. The highest BCUT2D eigenvalue weighted by Crippen LogP contribution is 2.60. The lowest BCUT2D eigenvalue weighted by molar-refractivity contribution is -0.148. The number of carbonyl (C=O) groups excluding carboxylic acids is 2. The van der Waals surface area contributed by atoms with Crippen molar-refractivity contribution in [3.63, 3.8) is 0 Å². The van der Waals surface area contributed by atoms with Gasteiger partial charge in [0.25, 0.3) is 0 Å². The molecule has 4 aliphatic carbocycles. The zero-order valence-electron chi connectivity index (χ0n) is 18.1. The van der Waals surface area contributed by atoms with Gasteiger partial charge < -0.3 is 19.7 Å². The van der Waals surface area contributed by atoms with Crippen LogP contribution in [-0.2, 0) is 9.59 Å². The van der Waals surface area contributed by atoms with Crippen molar-refractivity contribution in [3.8, 4) is 11.5 Å². The summed E-state index contributed by atoms with van der Waals surface area (Å²) in [5.74, 6) is 3.87. The van der Waals surface area contributed by atoms with Gasteiger partial charge in [0.2, 0.25) is 11.8 Å². The molecule has 1 atom stereocenters. The fourth-order valence-corrected chi connectivity index (χ4v) is 7.51. The third kappa shape index (κ3) is 3.39. The van der Waals surface area contributed by atoms with E-state index < -0.39 is 0 Å². The van der Waals surface area contributed by atoms with E-state index in [9.17, 15) is 9.59 Å². The summed E-state index contributed by atoms with van der Waals surface area (Å²) in [6, 6.07) is 6.04. The molecule has 4 bridgehead atoms. The first kappa shape index (κ1) is 19.4. The maximum absolute atomic E-state index is 13.2. The maximum Gasteiger partial charge on any atom is 0.242 e. The van der Waals surface area contributed by atoms with Crippen LogP contribution in [0.4, 0.5) is 0 Å². The van der Waals surface area contributed by atoms with E-state index >= 15 is 0 Å². The van der Waals surface area contributed by atoms with Gasteiger partial charge in [-0.2, -0.15) is 0 Å². The Kier molecular flexibility index (Phi) is 4.65. The minimum absolute atomic E-state index is 0.0236. The van der Waals surface area contributed by atoms with Crippen molar-refractivity contribution in [2.24, 2.45) is 23.2 Å². The van der Waals surface area contributed by atoms with Gasteiger partial charge in [0.15, 0.2) is 11.5 Å². The summed E-state index contributed by atoms with van der Waals surface area (Å²) in [5.41, 5.74) is 0.887. The molecule has 1 aromatic rings. The molecular formula is C25H32N2O4. The summed E-state index contributed by atoms with van der Waals surface area (Å²) >= 11 is 0. The minimum atomic E-state index is -0.199. The fraction of sp³-hybridized carbons (Fsp3) is 0.680. The van der Waals surface area contributed by atoms with E-state index in [0.717, 1.165) is 73.5 Å². The molecule has 7 rings (SSSR count). The minimum Gasteiger partial charge on any atom is -0.486 e. The van der Waals surface area contributed by atoms with Crippen molar-refractivity contribution in [2.75, 3.05) is 26.3 Å². The smallest absolute Gasteiger partial charge is 0.242 e. The van der Waals surface area contributed by atoms with Crippen LogP contribution in [0.15, 0.2) is 18.2 Å². The first-order valence-electron chi connectivity index (χ1n) is 12.1. The van der Waals surface area contributed by atoms with Gasteiger partial charge in [0.05, 0.1) is 12.6 Å². The lowest BCUT2D eigenvalue weighted by Crippen LogP contribution is -2.54. The van der Waals surface area contributed by atoms with E-state index in [0.29, 0.717) is 13.2 Å². The van der Waals surface area contributed by atoms with Crippen LogP contribution in [0.2, 0.25) is 0 Å². The van der Waals surface area contributed by atoms with Crippen LogP contribution in [0.1, 0.15) is 63.0 Å². The van der Waals surface area contributed by atoms with Gasteiger partial charge in [-0.1, -0.05) is 6.07 Å². The van der Waals surface area contributed by atoms with Crippen LogP contribution in [0, 0.1) is 23.2 Å². The van der Waals surface area contributed by atoms with Gasteiger partial charge in [-0.25, -0.2) is 0 Å². The standard InChI is InChI=1S/C25H32N2O4/c28-23(15-26-24(29)25-12-16-8-17(13-25)10-18(9-16)14-25)27-5-1-2-20(27)19-3-4-21-22(11-19)31-7-6-30-21/h3-4,11,16-18,20H,1-2,5-10,12-15H2,(H,26,29). The number of nitrogens with one attached hydrogen (secondary N) is 1. The summed E-state index contributed by atoms with van der Waals surface area (Å²) in [4.78, 5) is 28.3. The Morgan fingerprint density at radius 3 is 2.39 bits per heavy atom. The molecule has 1 unspecified atom stereocenters. The predicted molar refractivity (Wildman–Crippen MR) is 115 cm³/mol. The molecule has 6 nitrogen and oxygen atoms in total. The molecule has 166 valence electrons. The zero-order chi connectivity index (χ0) is 21.0. The average Bonchev–Trinajstić information content (AvgIpc) is 3.26. The molecular weight excluding hydrogens is 392 g/mol. The normalized spacial score (nSPS) is 35.3. The summed E-state index contributed by atoms with van der Waals surface area (Å²) in [5, 5.41) is 3.06. The molecule has 31 heavy (non-hydrogen) atoms. The summed E-state index contributed by atoms with van der Waals surface area (Å²) in [6.07, 6.45) is 8.96. The molecule has 2 aliphatic heterocycles. The molecule has 0 spiro atoms. The van der Waals surface area contributed by atoms with Gasteiger partial charge in [-0.15, -0.1) is 0 Å². The van der Waals surface area contributed by atoms with Crippen molar-refractivity contribution in [1.82, 2.24) is 10.2 Å². The van der Waals surface area contributed by atoms with E-state index in [1.54, 1.807) is 0 Å². The van der Waals surface area contributed by atoms with E-state index in [2.05, 4.69) is 5.32 Å². The third-order valence-corrected chi connectivity index (χ3v) is 8.44. The predicted octanol–water partition coefficient (Wildman–Crippen LogP) is 3.45. The molecule has 1 aromatic carbocycles. The number of benzene rings is 1. The Labute approximate surface area is 183 Å². The Bertz CT molecular complexity index is 862. The second-order valence-electron chi connectivity index (χ2n) is 10.5. The van der Waals surface area contributed by atoms with Crippen molar-refractivity contribution in [1.29, 1.82) is 0 Å². The Hall–Kier alpha value is -2.24. The summed E-state index contributed by atoms with van der Waals surface area (Å²) in [6.45, 7) is 1.98. The van der Waals surface area contributed by atoms with Crippen LogP contribution in [0.5, 0.6) is 11.5 Å². The first-order valence-corrected chi connectivity index (χ1v) is 12.1. The maximum atomic E-state index is 13.2. The molecule has 5 fully saturated rings. The van der Waals surface area contributed by atoms with Crippen LogP contribution in [0.25, 0.3) is 0 Å². The largest absolute Gasteiger partial charge is 0.486 e. The Balaban J connectivity index is 1.11. The SMILES string of the molecule is O=C(CNC(=O)C12CC3CC(CC(C3)C1)C2)N1CCCC1c1ccc2c(c1)OCCO2. The van der Waals surface area contributed by atoms with Crippen molar-refractivity contribution in [2.45, 2.75) is 57.4 Å². The van der Waals surface area contributed by atoms with Gasteiger partial charge in [0.1, 0.15) is 13.2 Å². The van der Waals surface area contributed by atoms with Crippen molar-refractivity contribution >= 4 is 11.8 Å². The first-order chi connectivity index (χ1) is 15.1. The Morgan fingerprint density at radius 1 is 1.00 bits per heavy atom. The number of fused-ring (bicyclic) bond motifs is 1. The van der Waals surface area contributed by atoms with Gasteiger partial charge >= 0.3 is 0 Å². The quantitative estimate of drug-likeness (QED) is 0.804. The van der Waals surface area contributed by atoms with E-state index in [4.69, 9.17) is 9.47 Å².